The summed E-state index contributed by atoms with van der Waals surface area (Å²) in [6, 6.07) is 0. The first kappa shape index (κ1) is 8.06. The van der Waals surface area contributed by atoms with Gasteiger partial charge in [-0.1, -0.05) is 11.8 Å². The van der Waals surface area contributed by atoms with Crippen LogP contribution in [0.3, 0.4) is 0 Å². The highest BCUT2D eigenvalue weighted by Crippen LogP contribution is 2.04. The van der Waals surface area contributed by atoms with Crippen molar-refractivity contribution < 1.29 is 4.79 Å². The first-order chi connectivity index (χ1) is 5.39. The summed E-state index contributed by atoms with van der Waals surface area (Å²) in [6.07, 6.45) is 3.17. The number of amides is 1. The number of carbonyl (C=O) groups is 1. The van der Waals surface area contributed by atoms with Gasteiger partial charge in [0.05, 0.1) is 12.4 Å². The molecule has 1 saturated heterocycles. The zero-order valence-electron chi connectivity index (χ0n) is 5.78. The predicted octanol–water partition coefficient (Wildman–Crippen LogP) is 0.247. The van der Waals surface area contributed by atoms with E-state index >= 15 is 0 Å². The standard InChI is InChI=1S/C3H5NOS.C2H3N3/c5-3-4-1-2-6-3;1-2-4-5-3-1/h1-2H2,(H,4,5);1-2H,(H,3,4,5). The smallest absolute Gasteiger partial charge is 0.279 e. The maximum absolute atomic E-state index is 10.1. The lowest BCUT2D eigenvalue weighted by molar-refractivity contribution is 0.262. The summed E-state index contributed by atoms with van der Waals surface area (Å²) >= 11 is 1.35. The van der Waals surface area contributed by atoms with Crippen molar-refractivity contribution >= 4 is 17.0 Å². The number of thioether (sulfide) groups is 1. The van der Waals surface area contributed by atoms with Crippen LogP contribution in [0.15, 0.2) is 12.4 Å². The molecule has 0 spiro atoms. The van der Waals surface area contributed by atoms with E-state index in [0.29, 0.717) is 0 Å². The van der Waals surface area contributed by atoms with E-state index in [1.165, 1.54) is 11.8 Å². The number of hydrogen-bond acceptors (Lipinski definition) is 4. The highest BCUT2D eigenvalue weighted by atomic mass is 32.2. The Labute approximate surface area is 67.9 Å². The van der Waals surface area contributed by atoms with Crippen molar-refractivity contribution in [3.05, 3.63) is 12.4 Å². The molecule has 0 unspecified atom stereocenters. The number of H-pyrrole nitrogens is 1. The normalized spacial score (nSPS) is 15.1. The third-order valence-corrected chi connectivity index (χ3v) is 1.75. The van der Waals surface area contributed by atoms with Gasteiger partial charge in [-0.05, 0) is 0 Å². The lowest BCUT2D eigenvalue weighted by Gasteiger charge is -1.78. The number of aromatic nitrogens is 3. The molecule has 1 amide bonds. The SMILES string of the molecule is O=C1NCCS1.c1cn[nH]n1. The Balaban J connectivity index is 0.000000112. The molecule has 0 aliphatic carbocycles. The fraction of sp³-hybridized carbons (Fsp3) is 0.400. The topological polar surface area (TPSA) is 70.7 Å². The maximum atomic E-state index is 10.1. The summed E-state index contributed by atoms with van der Waals surface area (Å²) in [5, 5.41) is 12.1. The predicted molar refractivity (Wildman–Crippen MR) is 42.2 cm³/mol. The Morgan fingerprint density at radius 2 is 2.18 bits per heavy atom. The zero-order chi connectivity index (χ0) is 7.94. The fourth-order valence-corrected chi connectivity index (χ4v) is 1.11. The van der Waals surface area contributed by atoms with Crippen molar-refractivity contribution in [2.75, 3.05) is 12.3 Å². The molecule has 2 rings (SSSR count). The summed E-state index contributed by atoms with van der Waals surface area (Å²) in [4.78, 5) is 10.1. The average molecular weight is 172 g/mol. The largest absolute Gasteiger partial charge is 0.346 e. The lowest BCUT2D eigenvalue weighted by Crippen LogP contribution is -2.10. The molecular weight excluding hydrogens is 164 g/mol. The van der Waals surface area contributed by atoms with E-state index in [1.807, 2.05) is 0 Å². The second kappa shape index (κ2) is 4.73. The second-order valence-electron chi connectivity index (χ2n) is 1.72. The number of nitrogens with zero attached hydrogens (tertiary/aromatic N) is 2. The minimum Gasteiger partial charge on any atom is -0.346 e. The van der Waals surface area contributed by atoms with Crippen molar-refractivity contribution in [3.63, 3.8) is 0 Å². The summed E-state index contributed by atoms with van der Waals surface area (Å²) in [6.45, 7) is 0.851. The van der Waals surface area contributed by atoms with Crippen LogP contribution in [0, 0.1) is 0 Å². The van der Waals surface area contributed by atoms with Crippen LogP contribution in [0.1, 0.15) is 0 Å². The Kier molecular flexibility index (Phi) is 3.46. The second-order valence-corrected chi connectivity index (χ2v) is 2.79. The van der Waals surface area contributed by atoms with Crippen molar-refractivity contribution in [1.29, 1.82) is 0 Å². The molecule has 1 aliphatic rings. The Hall–Kier alpha value is -1.04. The molecule has 1 aromatic rings. The summed E-state index contributed by atoms with van der Waals surface area (Å²) < 4.78 is 0. The molecule has 0 atom stereocenters. The number of rotatable bonds is 0. The van der Waals surface area contributed by atoms with Crippen LogP contribution in [0.2, 0.25) is 0 Å². The first-order valence-corrected chi connectivity index (χ1v) is 4.08. The number of nitrogens with one attached hydrogen (secondary N) is 2. The van der Waals surface area contributed by atoms with Gasteiger partial charge in [0, 0.05) is 12.3 Å². The van der Waals surface area contributed by atoms with Gasteiger partial charge in [-0.15, -0.1) is 0 Å². The lowest BCUT2D eigenvalue weighted by atomic mass is 10.8. The van der Waals surface area contributed by atoms with Crippen molar-refractivity contribution in [3.8, 4) is 0 Å². The van der Waals surface area contributed by atoms with Gasteiger partial charge in [-0.3, -0.25) is 4.79 Å². The van der Waals surface area contributed by atoms with Crippen LogP contribution in [0.25, 0.3) is 0 Å². The maximum Gasteiger partial charge on any atom is 0.279 e. The van der Waals surface area contributed by atoms with Crippen LogP contribution >= 0.6 is 11.8 Å². The van der Waals surface area contributed by atoms with Crippen LogP contribution in [0.4, 0.5) is 4.79 Å². The Bertz CT molecular complexity index is 175. The van der Waals surface area contributed by atoms with Gasteiger partial charge in [0.15, 0.2) is 0 Å². The molecule has 1 fully saturated rings. The molecule has 0 bridgehead atoms. The molecule has 5 nitrogen and oxygen atoms in total. The van der Waals surface area contributed by atoms with E-state index < -0.39 is 0 Å². The minimum absolute atomic E-state index is 0.120. The van der Waals surface area contributed by atoms with Gasteiger partial charge in [0.25, 0.3) is 5.24 Å². The van der Waals surface area contributed by atoms with Crippen molar-refractivity contribution in [2.45, 2.75) is 0 Å². The number of aromatic amines is 1. The van der Waals surface area contributed by atoms with Crippen molar-refractivity contribution in [1.82, 2.24) is 20.7 Å². The van der Waals surface area contributed by atoms with E-state index in [9.17, 15) is 4.79 Å². The quantitative estimate of drug-likeness (QED) is 0.588. The van der Waals surface area contributed by atoms with Crippen LogP contribution in [-0.4, -0.2) is 32.9 Å². The number of hydrogen-bond donors (Lipinski definition) is 2. The third-order valence-electron chi connectivity index (χ3n) is 0.936. The van der Waals surface area contributed by atoms with E-state index in [0.717, 1.165) is 12.3 Å². The summed E-state index contributed by atoms with van der Waals surface area (Å²) in [7, 11) is 0. The Morgan fingerprint density at radius 3 is 2.36 bits per heavy atom. The molecular formula is C5H8N4OS. The average Bonchev–Trinajstić information content (AvgIpc) is 2.57. The molecule has 1 aromatic heterocycles. The molecule has 2 heterocycles. The zero-order valence-corrected chi connectivity index (χ0v) is 6.60. The molecule has 0 saturated carbocycles. The monoisotopic (exact) mass is 172 g/mol. The van der Waals surface area contributed by atoms with Gasteiger partial charge in [0.2, 0.25) is 0 Å². The first-order valence-electron chi connectivity index (χ1n) is 3.10. The van der Waals surface area contributed by atoms with E-state index in [-0.39, 0.29) is 5.24 Å². The van der Waals surface area contributed by atoms with Crippen LogP contribution in [0.5, 0.6) is 0 Å². The molecule has 11 heavy (non-hydrogen) atoms. The Morgan fingerprint density at radius 1 is 1.45 bits per heavy atom. The van der Waals surface area contributed by atoms with Crippen molar-refractivity contribution in [2.24, 2.45) is 0 Å². The molecule has 1 aliphatic heterocycles. The molecule has 60 valence electrons. The molecule has 2 N–H and O–H groups in total. The van der Waals surface area contributed by atoms with Gasteiger partial charge in [0.1, 0.15) is 0 Å². The van der Waals surface area contributed by atoms with Crippen LogP contribution < -0.4 is 5.32 Å². The molecule has 0 radical (unpaired) electrons. The van der Waals surface area contributed by atoms with E-state index in [1.54, 1.807) is 12.4 Å². The minimum atomic E-state index is 0.120. The summed E-state index contributed by atoms with van der Waals surface area (Å²) in [5.41, 5.74) is 0. The molecule has 6 heteroatoms. The van der Waals surface area contributed by atoms with E-state index in [2.05, 4.69) is 20.7 Å². The molecule has 0 aromatic carbocycles. The fourth-order valence-electron chi connectivity index (χ4n) is 0.515. The highest BCUT2D eigenvalue weighted by Gasteiger charge is 2.06. The van der Waals surface area contributed by atoms with Gasteiger partial charge in [-0.25, -0.2) is 0 Å². The summed E-state index contributed by atoms with van der Waals surface area (Å²) in [5.74, 6) is 0.943. The van der Waals surface area contributed by atoms with E-state index in [4.69, 9.17) is 0 Å². The number of carbonyl (C=O) groups excluding carboxylic acids is 1. The van der Waals surface area contributed by atoms with Crippen LogP contribution in [-0.2, 0) is 0 Å². The van der Waals surface area contributed by atoms with Gasteiger partial charge >= 0.3 is 0 Å². The third kappa shape index (κ3) is 3.61. The highest BCUT2D eigenvalue weighted by molar-refractivity contribution is 8.13. The van der Waals surface area contributed by atoms with Gasteiger partial charge < -0.3 is 5.32 Å². The van der Waals surface area contributed by atoms with Gasteiger partial charge in [-0.2, -0.15) is 15.4 Å².